The van der Waals surface area contributed by atoms with Crippen LogP contribution in [0.1, 0.15) is 19.4 Å². The van der Waals surface area contributed by atoms with E-state index in [9.17, 15) is 4.79 Å². The van der Waals surface area contributed by atoms with Crippen molar-refractivity contribution in [3.05, 3.63) is 30.1 Å². The first kappa shape index (κ1) is 12.6. The third-order valence-corrected chi connectivity index (χ3v) is 2.04. The van der Waals surface area contributed by atoms with Gasteiger partial charge < -0.3 is 10.6 Å². The van der Waals surface area contributed by atoms with Crippen LogP contribution in [0, 0.1) is 5.92 Å². The Kier molecular flexibility index (Phi) is 5.50. The van der Waals surface area contributed by atoms with E-state index in [1.54, 1.807) is 12.4 Å². The van der Waals surface area contributed by atoms with Gasteiger partial charge in [0.05, 0.1) is 6.54 Å². The van der Waals surface area contributed by atoms with Gasteiger partial charge in [-0.1, -0.05) is 19.9 Å². The van der Waals surface area contributed by atoms with Gasteiger partial charge in [0, 0.05) is 25.5 Å². The maximum atomic E-state index is 11.3. The molecule has 0 saturated carbocycles. The van der Waals surface area contributed by atoms with E-state index >= 15 is 0 Å². The number of nitrogens with one attached hydrogen (secondary N) is 2. The van der Waals surface area contributed by atoms with E-state index in [0.29, 0.717) is 19.0 Å². The number of aromatic nitrogens is 1. The van der Waals surface area contributed by atoms with E-state index in [4.69, 9.17) is 0 Å². The van der Waals surface area contributed by atoms with E-state index in [2.05, 4.69) is 29.5 Å². The number of nitrogens with zero attached hydrogens (tertiary/aromatic N) is 1. The molecule has 0 aliphatic carbocycles. The van der Waals surface area contributed by atoms with Crippen LogP contribution >= 0.6 is 0 Å². The van der Waals surface area contributed by atoms with E-state index in [1.807, 2.05) is 12.1 Å². The summed E-state index contributed by atoms with van der Waals surface area (Å²) in [5.74, 6) is 0.528. The molecule has 0 aliphatic rings. The van der Waals surface area contributed by atoms with Gasteiger partial charge in [-0.15, -0.1) is 0 Å². The molecule has 16 heavy (non-hydrogen) atoms. The fourth-order valence-corrected chi connectivity index (χ4v) is 1.20. The zero-order valence-electron chi connectivity index (χ0n) is 9.86. The van der Waals surface area contributed by atoms with Crippen molar-refractivity contribution < 1.29 is 4.79 Å². The average Bonchev–Trinajstić information content (AvgIpc) is 2.28. The van der Waals surface area contributed by atoms with Gasteiger partial charge in [0.15, 0.2) is 0 Å². The van der Waals surface area contributed by atoms with Crippen LogP contribution in [0.5, 0.6) is 0 Å². The number of carbonyl (C=O) groups is 1. The maximum absolute atomic E-state index is 11.3. The molecule has 0 aliphatic heterocycles. The van der Waals surface area contributed by atoms with Crippen LogP contribution in [0.15, 0.2) is 24.5 Å². The van der Waals surface area contributed by atoms with Crippen molar-refractivity contribution >= 4 is 5.91 Å². The van der Waals surface area contributed by atoms with Crippen molar-refractivity contribution in [3.63, 3.8) is 0 Å². The van der Waals surface area contributed by atoms with Crippen molar-refractivity contribution in [2.45, 2.75) is 20.4 Å². The molecule has 88 valence electrons. The Morgan fingerprint density at radius 1 is 1.50 bits per heavy atom. The molecule has 1 rings (SSSR count). The van der Waals surface area contributed by atoms with E-state index in [0.717, 1.165) is 12.1 Å². The standard InChI is InChI=1S/C12H19N3O/c1-10(2)6-15-12(16)9-14-8-11-4-3-5-13-7-11/h3-5,7,10,14H,6,8-9H2,1-2H3,(H,15,16). The van der Waals surface area contributed by atoms with Crippen LogP contribution in [0.25, 0.3) is 0 Å². The highest BCUT2D eigenvalue weighted by molar-refractivity contribution is 5.77. The highest BCUT2D eigenvalue weighted by Gasteiger charge is 2.01. The molecule has 2 N–H and O–H groups in total. The number of amides is 1. The first-order valence-electron chi connectivity index (χ1n) is 5.55. The van der Waals surface area contributed by atoms with Crippen molar-refractivity contribution in [1.29, 1.82) is 0 Å². The first-order valence-corrected chi connectivity index (χ1v) is 5.55. The van der Waals surface area contributed by atoms with Crippen molar-refractivity contribution in [2.75, 3.05) is 13.1 Å². The van der Waals surface area contributed by atoms with Gasteiger partial charge in [-0.2, -0.15) is 0 Å². The second-order valence-corrected chi connectivity index (χ2v) is 4.16. The molecule has 0 atom stereocenters. The molecule has 0 spiro atoms. The fraction of sp³-hybridized carbons (Fsp3) is 0.500. The highest BCUT2D eigenvalue weighted by atomic mass is 16.1. The van der Waals surface area contributed by atoms with Crippen LogP contribution in [-0.2, 0) is 11.3 Å². The lowest BCUT2D eigenvalue weighted by atomic mass is 10.2. The Hall–Kier alpha value is -1.42. The number of carbonyl (C=O) groups excluding carboxylic acids is 1. The molecule has 0 saturated heterocycles. The summed E-state index contributed by atoms with van der Waals surface area (Å²) in [6.07, 6.45) is 3.53. The second-order valence-electron chi connectivity index (χ2n) is 4.16. The van der Waals surface area contributed by atoms with Gasteiger partial charge in [-0.3, -0.25) is 9.78 Å². The summed E-state index contributed by atoms with van der Waals surface area (Å²) in [5.41, 5.74) is 1.08. The zero-order valence-corrected chi connectivity index (χ0v) is 9.86. The fourth-order valence-electron chi connectivity index (χ4n) is 1.20. The molecule has 0 bridgehead atoms. The third kappa shape index (κ3) is 5.46. The Balaban J connectivity index is 2.13. The van der Waals surface area contributed by atoms with Crippen LogP contribution < -0.4 is 10.6 Å². The summed E-state index contributed by atoms with van der Waals surface area (Å²) in [5, 5.41) is 5.92. The smallest absolute Gasteiger partial charge is 0.233 e. The van der Waals surface area contributed by atoms with E-state index in [-0.39, 0.29) is 5.91 Å². The molecule has 4 nitrogen and oxygen atoms in total. The van der Waals surface area contributed by atoms with Crippen LogP contribution in [0.3, 0.4) is 0 Å². The number of hydrogen-bond donors (Lipinski definition) is 2. The summed E-state index contributed by atoms with van der Waals surface area (Å²) in [6, 6.07) is 3.86. The average molecular weight is 221 g/mol. The third-order valence-electron chi connectivity index (χ3n) is 2.04. The molecule has 1 aromatic rings. The molecule has 1 heterocycles. The zero-order chi connectivity index (χ0) is 11.8. The number of rotatable bonds is 6. The lowest BCUT2D eigenvalue weighted by Crippen LogP contribution is -2.35. The van der Waals surface area contributed by atoms with Crippen molar-refractivity contribution in [3.8, 4) is 0 Å². The highest BCUT2D eigenvalue weighted by Crippen LogP contribution is 1.93. The summed E-state index contributed by atoms with van der Waals surface area (Å²) >= 11 is 0. The van der Waals surface area contributed by atoms with Gasteiger partial charge in [0.1, 0.15) is 0 Å². The molecule has 0 fully saturated rings. The molecule has 1 amide bonds. The quantitative estimate of drug-likeness (QED) is 0.752. The molecular weight excluding hydrogens is 202 g/mol. The molecule has 0 unspecified atom stereocenters. The lowest BCUT2D eigenvalue weighted by Gasteiger charge is -2.08. The SMILES string of the molecule is CC(C)CNC(=O)CNCc1cccnc1. The molecule has 0 radical (unpaired) electrons. The topological polar surface area (TPSA) is 54.0 Å². The van der Waals surface area contributed by atoms with Crippen molar-refractivity contribution in [1.82, 2.24) is 15.6 Å². The van der Waals surface area contributed by atoms with Gasteiger partial charge in [0.2, 0.25) is 5.91 Å². The monoisotopic (exact) mass is 221 g/mol. The van der Waals surface area contributed by atoms with Crippen LogP contribution in [-0.4, -0.2) is 24.0 Å². The Morgan fingerprint density at radius 3 is 2.94 bits per heavy atom. The van der Waals surface area contributed by atoms with E-state index < -0.39 is 0 Å². The Labute approximate surface area is 96.5 Å². The normalized spacial score (nSPS) is 10.4. The predicted octanol–water partition coefficient (Wildman–Crippen LogP) is 0.943. The van der Waals surface area contributed by atoms with Gasteiger partial charge in [0.25, 0.3) is 0 Å². The molecule has 0 aromatic carbocycles. The van der Waals surface area contributed by atoms with Gasteiger partial charge in [-0.25, -0.2) is 0 Å². The predicted molar refractivity (Wildman–Crippen MR) is 63.8 cm³/mol. The summed E-state index contributed by atoms with van der Waals surface area (Å²) < 4.78 is 0. The summed E-state index contributed by atoms with van der Waals surface area (Å²) in [4.78, 5) is 15.3. The number of pyridine rings is 1. The summed E-state index contributed by atoms with van der Waals surface area (Å²) in [7, 11) is 0. The minimum atomic E-state index is 0.0394. The van der Waals surface area contributed by atoms with Gasteiger partial charge in [-0.05, 0) is 17.5 Å². The lowest BCUT2D eigenvalue weighted by molar-refractivity contribution is -0.120. The first-order chi connectivity index (χ1) is 7.68. The Bertz CT molecular complexity index is 311. The number of hydrogen-bond acceptors (Lipinski definition) is 3. The van der Waals surface area contributed by atoms with Gasteiger partial charge >= 0.3 is 0 Å². The van der Waals surface area contributed by atoms with Crippen LogP contribution in [0.2, 0.25) is 0 Å². The minimum Gasteiger partial charge on any atom is -0.355 e. The van der Waals surface area contributed by atoms with Crippen LogP contribution in [0.4, 0.5) is 0 Å². The van der Waals surface area contributed by atoms with Crippen molar-refractivity contribution in [2.24, 2.45) is 5.92 Å². The molecule has 1 aromatic heterocycles. The Morgan fingerprint density at radius 2 is 2.31 bits per heavy atom. The molecule has 4 heteroatoms. The minimum absolute atomic E-state index is 0.0394. The van der Waals surface area contributed by atoms with E-state index in [1.165, 1.54) is 0 Å². The second kappa shape index (κ2) is 6.95. The largest absolute Gasteiger partial charge is 0.355 e. The molecular formula is C12H19N3O. The summed E-state index contributed by atoms with van der Waals surface area (Å²) in [6.45, 7) is 5.89. The maximum Gasteiger partial charge on any atom is 0.233 e.